The molecule has 0 bridgehead atoms. The molecule has 140 valence electrons. The number of carbonyl (C=O) groups excluding carboxylic acids is 1. The molecule has 1 aromatic heterocycles. The van der Waals surface area contributed by atoms with Crippen molar-refractivity contribution in [2.45, 2.75) is 4.90 Å². The number of aromatic nitrogens is 2. The Balaban J connectivity index is 1.97. The van der Waals surface area contributed by atoms with Crippen LogP contribution in [0.15, 0.2) is 46.8 Å². The SMILES string of the molecule is O=C(Nc1nncs1)c1cc(S(=O)(=O)Nc2ccccc2F)c(Cl)cc1Cl. The van der Waals surface area contributed by atoms with Crippen molar-refractivity contribution in [3.05, 3.63) is 63.3 Å². The van der Waals surface area contributed by atoms with Crippen molar-refractivity contribution in [1.82, 2.24) is 10.2 Å². The summed E-state index contributed by atoms with van der Waals surface area (Å²) in [5.41, 5.74) is 1.00. The van der Waals surface area contributed by atoms with E-state index in [0.717, 1.165) is 29.5 Å². The summed E-state index contributed by atoms with van der Waals surface area (Å²) in [4.78, 5) is 11.9. The van der Waals surface area contributed by atoms with Crippen molar-refractivity contribution in [3.63, 3.8) is 0 Å². The topological polar surface area (TPSA) is 101 Å². The first kappa shape index (κ1) is 19.5. The lowest BCUT2D eigenvalue weighted by Gasteiger charge is -2.12. The Morgan fingerprint density at radius 3 is 2.56 bits per heavy atom. The highest BCUT2D eigenvalue weighted by molar-refractivity contribution is 7.92. The Labute approximate surface area is 167 Å². The normalized spacial score (nSPS) is 11.2. The highest BCUT2D eigenvalue weighted by Crippen LogP contribution is 2.31. The van der Waals surface area contributed by atoms with Crippen LogP contribution in [0.5, 0.6) is 0 Å². The first-order valence-corrected chi connectivity index (χ1v) is 10.2. The predicted octanol–water partition coefficient (Wildman–Crippen LogP) is 4.04. The van der Waals surface area contributed by atoms with Crippen LogP contribution in [0, 0.1) is 5.82 Å². The van der Waals surface area contributed by atoms with Gasteiger partial charge in [0, 0.05) is 0 Å². The lowest BCUT2D eigenvalue weighted by Crippen LogP contribution is -2.17. The van der Waals surface area contributed by atoms with Crippen molar-refractivity contribution in [2.24, 2.45) is 0 Å². The molecule has 0 saturated carbocycles. The third-order valence-electron chi connectivity index (χ3n) is 3.25. The van der Waals surface area contributed by atoms with Crippen LogP contribution in [0.1, 0.15) is 10.4 Å². The molecule has 3 rings (SSSR count). The average molecular weight is 447 g/mol. The van der Waals surface area contributed by atoms with Gasteiger partial charge in [-0.05, 0) is 24.3 Å². The van der Waals surface area contributed by atoms with Gasteiger partial charge in [0.05, 0.1) is 21.3 Å². The molecule has 0 fully saturated rings. The van der Waals surface area contributed by atoms with Crippen molar-refractivity contribution in [2.75, 3.05) is 10.0 Å². The summed E-state index contributed by atoms with van der Waals surface area (Å²) in [5, 5.41) is 9.60. The molecule has 3 aromatic rings. The fourth-order valence-corrected chi connectivity index (χ4v) is 4.41. The van der Waals surface area contributed by atoms with Gasteiger partial charge in [-0.15, -0.1) is 10.2 Å². The summed E-state index contributed by atoms with van der Waals surface area (Å²) < 4.78 is 41.1. The number of hydrogen-bond donors (Lipinski definition) is 2. The maximum absolute atomic E-state index is 13.8. The molecule has 0 radical (unpaired) electrons. The number of nitrogens with zero attached hydrogens (tertiary/aromatic N) is 2. The predicted molar refractivity (Wildman–Crippen MR) is 102 cm³/mol. The molecule has 27 heavy (non-hydrogen) atoms. The van der Waals surface area contributed by atoms with Crippen molar-refractivity contribution in [3.8, 4) is 0 Å². The fourth-order valence-electron chi connectivity index (χ4n) is 2.04. The highest BCUT2D eigenvalue weighted by atomic mass is 35.5. The fraction of sp³-hybridized carbons (Fsp3) is 0. The monoisotopic (exact) mass is 446 g/mol. The molecule has 0 unspecified atom stereocenters. The number of nitrogens with one attached hydrogen (secondary N) is 2. The summed E-state index contributed by atoms with van der Waals surface area (Å²) in [7, 11) is -4.29. The van der Waals surface area contributed by atoms with Gasteiger partial charge >= 0.3 is 0 Å². The van der Waals surface area contributed by atoms with Crippen molar-refractivity contribution >= 4 is 61.3 Å². The number of anilines is 2. The lowest BCUT2D eigenvalue weighted by atomic mass is 10.2. The van der Waals surface area contributed by atoms with E-state index in [-0.39, 0.29) is 26.4 Å². The number of hydrogen-bond acceptors (Lipinski definition) is 6. The molecule has 0 aliphatic rings. The molecule has 12 heteroatoms. The number of carbonyl (C=O) groups is 1. The Bertz CT molecular complexity index is 1110. The van der Waals surface area contributed by atoms with Gasteiger partial charge in [-0.25, -0.2) is 12.8 Å². The van der Waals surface area contributed by atoms with Crippen molar-refractivity contribution in [1.29, 1.82) is 0 Å². The van der Waals surface area contributed by atoms with Crippen LogP contribution in [-0.2, 0) is 10.0 Å². The van der Waals surface area contributed by atoms with E-state index in [4.69, 9.17) is 23.2 Å². The maximum Gasteiger partial charge on any atom is 0.263 e. The number of amides is 1. The lowest BCUT2D eigenvalue weighted by molar-refractivity contribution is 0.102. The summed E-state index contributed by atoms with van der Waals surface area (Å²) in [6.45, 7) is 0. The second-order valence-electron chi connectivity index (χ2n) is 5.05. The summed E-state index contributed by atoms with van der Waals surface area (Å²) in [5.74, 6) is -1.46. The third kappa shape index (κ3) is 4.35. The minimum atomic E-state index is -4.29. The zero-order valence-electron chi connectivity index (χ0n) is 13.1. The maximum atomic E-state index is 13.8. The molecule has 1 heterocycles. The Kier molecular flexibility index (Phi) is 5.61. The van der Waals surface area contributed by atoms with Crippen LogP contribution in [0.3, 0.4) is 0 Å². The molecule has 2 aromatic carbocycles. The van der Waals surface area contributed by atoms with Gasteiger partial charge in [-0.3, -0.25) is 14.8 Å². The van der Waals surface area contributed by atoms with E-state index >= 15 is 0 Å². The van der Waals surface area contributed by atoms with Crippen LogP contribution in [-0.4, -0.2) is 24.5 Å². The minimum Gasteiger partial charge on any atom is -0.296 e. The van der Waals surface area contributed by atoms with Gasteiger partial charge in [-0.2, -0.15) is 0 Å². The molecule has 0 aliphatic heterocycles. The summed E-state index contributed by atoms with van der Waals surface area (Å²) in [6, 6.07) is 7.35. The van der Waals surface area contributed by atoms with E-state index in [1.165, 1.54) is 23.7 Å². The molecule has 0 saturated heterocycles. The largest absolute Gasteiger partial charge is 0.296 e. The van der Waals surface area contributed by atoms with E-state index in [1.807, 2.05) is 0 Å². The van der Waals surface area contributed by atoms with E-state index in [9.17, 15) is 17.6 Å². The Morgan fingerprint density at radius 2 is 1.89 bits per heavy atom. The first-order valence-electron chi connectivity index (χ1n) is 7.12. The van der Waals surface area contributed by atoms with Gasteiger partial charge in [0.2, 0.25) is 5.13 Å². The minimum absolute atomic E-state index is 0.0631. The Morgan fingerprint density at radius 1 is 1.15 bits per heavy atom. The molecule has 2 N–H and O–H groups in total. The van der Waals surface area contributed by atoms with Gasteiger partial charge in [0.15, 0.2) is 0 Å². The molecular weight excluding hydrogens is 438 g/mol. The van der Waals surface area contributed by atoms with E-state index in [1.54, 1.807) is 0 Å². The smallest absolute Gasteiger partial charge is 0.263 e. The highest BCUT2D eigenvalue weighted by Gasteiger charge is 2.24. The van der Waals surface area contributed by atoms with E-state index < -0.39 is 26.6 Å². The number of benzene rings is 2. The number of rotatable bonds is 5. The first-order chi connectivity index (χ1) is 12.8. The van der Waals surface area contributed by atoms with Gasteiger partial charge < -0.3 is 0 Å². The number of halogens is 3. The molecule has 7 nitrogen and oxygen atoms in total. The molecule has 0 atom stereocenters. The standard InChI is InChI=1S/C15H9Cl2FN4O3S2/c16-9-6-10(17)13(5-8(9)14(23)20-15-21-19-7-26-15)27(24,25)22-12-4-2-1-3-11(12)18/h1-7,22H,(H,20,21,23). The van der Waals surface area contributed by atoms with E-state index in [2.05, 4.69) is 20.2 Å². The van der Waals surface area contributed by atoms with Crippen LogP contribution in [0.25, 0.3) is 0 Å². The number of para-hydroxylation sites is 1. The zero-order valence-corrected chi connectivity index (χ0v) is 16.3. The second-order valence-corrected chi connectivity index (χ2v) is 8.34. The number of sulfonamides is 1. The van der Waals surface area contributed by atoms with E-state index in [0.29, 0.717) is 0 Å². The van der Waals surface area contributed by atoms with Crippen LogP contribution < -0.4 is 10.0 Å². The quantitative estimate of drug-likeness (QED) is 0.615. The molecule has 0 aliphatic carbocycles. The van der Waals surface area contributed by atoms with Gasteiger partial charge in [0.1, 0.15) is 16.2 Å². The zero-order chi connectivity index (χ0) is 19.6. The molecule has 1 amide bonds. The Hall–Kier alpha value is -2.27. The third-order valence-corrected chi connectivity index (χ3v) is 6.00. The molecular formula is C15H9Cl2FN4O3S2. The summed E-state index contributed by atoms with van der Waals surface area (Å²) in [6.07, 6.45) is 0. The molecule has 0 spiro atoms. The van der Waals surface area contributed by atoms with Crippen LogP contribution >= 0.6 is 34.5 Å². The van der Waals surface area contributed by atoms with Crippen LogP contribution in [0.4, 0.5) is 15.2 Å². The summed E-state index contributed by atoms with van der Waals surface area (Å²) >= 11 is 13.1. The van der Waals surface area contributed by atoms with Crippen molar-refractivity contribution < 1.29 is 17.6 Å². The van der Waals surface area contributed by atoms with Gasteiger partial charge in [-0.1, -0.05) is 46.7 Å². The van der Waals surface area contributed by atoms with Gasteiger partial charge in [0.25, 0.3) is 15.9 Å². The second kappa shape index (κ2) is 7.77. The average Bonchev–Trinajstić information content (AvgIpc) is 3.09. The van der Waals surface area contributed by atoms with Crippen LogP contribution in [0.2, 0.25) is 10.0 Å².